The number of hydrogen-bond donors (Lipinski definition) is 2. The number of carbonyl (C=O) groups is 2. The zero-order chi connectivity index (χ0) is 25.4. The van der Waals surface area contributed by atoms with Gasteiger partial charge in [0.1, 0.15) is 12.6 Å². The van der Waals surface area contributed by atoms with Crippen molar-refractivity contribution in [2.45, 2.75) is 18.4 Å². The van der Waals surface area contributed by atoms with Crippen molar-refractivity contribution in [2.24, 2.45) is 7.05 Å². The molecule has 6 nitrogen and oxygen atoms in total. The number of carbonyl (C=O) groups excluding carboxylic acids is 2. The predicted molar refractivity (Wildman–Crippen MR) is 144 cm³/mol. The molecule has 5 aromatic rings. The molecule has 0 spiro atoms. The van der Waals surface area contributed by atoms with Gasteiger partial charge in [0, 0.05) is 42.7 Å². The third-order valence-corrected chi connectivity index (χ3v) is 7.25. The van der Waals surface area contributed by atoms with Gasteiger partial charge in [0.2, 0.25) is 5.78 Å². The number of alkyl carbamates (subject to hydrolysis) is 1. The number of ketones is 1. The number of hydrogen-bond acceptors (Lipinski definition) is 3. The van der Waals surface area contributed by atoms with Crippen LogP contribution in [0, 0.1) is 0 Å². The highest BCUT2D eigenvalue weighted by Crippen LogP contribution is 2.44. The number of benzene rings is 3. The van der Waals surface area contributed by atoms with Crippen molar-refractivity contribution in [3.63, 3.8) is 0 Å². The summed E-state index contributed by atoms with van der Waals surface area (Å²) in [6.45, 7) is 0.192. The van der Waals surface area contributed by atoms with E-state index in [-0.39, 0.29) is 18.3 Å². The van der Waals surface area contributed by atoms with Gasteiger partial charge in [-0.15, -0.1) is 0 Å². The molecule has 0 radical (unpaired) electrons. The fourth-order valence-corrected chi connectivity index (χ4v) is 5.41. The summed E-state index contributed by atoms with van der Waals surface area (Å²) >= 11 is 0. The molecule has 1 aliphatic carbocycles. The Morgan fingerprint density at radius 1 is 0.919 bits per heavy atom. The number of aromatic nitrogens is 2. The summed E-state index contributed by atoms with van der Waals surface area (Å²) in [5.41, 5.74) is 7.11. The summed E-state index contributed by atoms with van der Waals surface area (Å²) in [6, 6.07) is 27.2. The number of H-pyrrole nitrogens is 1. The number of nitrogens with zero attached hydrogens (tertiary/aromatic N) is 1. The number of fused-ring (bicyclic) bond motifs is 4. The summed E-state index contributed by atoms with van der Waals surface area (Å²) in [4.78, 5) is 29.8. The molecule has 1 atom stereocenters. The van der Waals surface area contributed by atoms with E-state index in [0.29, 0.717) is 12.1 Å². The molecule has 2 N–H and O–H groups in total. The highest BCUT2D eigenvalue weighted by molar-refractivity contribution is 6.01. The van der Waals surface area contributed by atoms with Crippen LogP contribution in [0.2, 0.25) is 0 Å². The van der Waals surface area contributed by atoms with Crippen LogP contribution in [0.4, 0.5) is 4.79 Å². The van der Waals surface area contributed by atoms with Gasteiger partial charge >= 0.3 is 6.09 Å². The quantitative estimate of drug-likeness (QED) is 0.282. The molecule has 0 unspecified atom stereocenters. The Labute approximate surface area is 214 Å². The minimum Gasteiger partial charge on any atom is -0.449 e. The number of aromatic amines is 1. The zero-order valence-electron chi connectivity index (χ0n) is 20.5. The number of para-hydroxylation sites is 1. The van der Waals surface area contributed by atoms with Crippen molar-refractivity contribution in [1.82, 2.24) is 14.9 Å². The molecule has 1 aliphatic rings. The molecule has 0 aliphatic heterocycles. The Balaban J connectivity index is 1.22. The van der Waals surface area contributed by atoms with Crippen LogP contribution in [-0.2, 0) is 18.2 Å². The van der Waals surface area contributed by atoms with Crippen LogP contribution < -0.4 is 5.32 Å². The lowest BCUT2D eigenvalue weighted by molar-refractivity contribution is 0.0911. The zero-order valence-corrected chi connectivity index (χ0v) is 20.5. The van der Waals surface area contributed by atoms with Gasteiger partial charge in [-0.3, -0.25) is 4.79 Å². The third kappa shape index (κ3) is 4.20. The van der Waals surface area contributed by atoms with Gasteiger partial charge < -0.3 is 19.6 Å². The van der Waals surface area contributed by atoms with Crippen LogP contribution in [-0.4, -0.2) is 34.1 Å². The molecule has 184 valence electrons. The Morgan fingerprint density at radius 2 is 1.59 bits per heavy atom. The van der Waals surface area contributed by atoms with Crippen LogP contribution in [0.1, 0.15) is 33.1 Å². The van der Waals surface area contributed by atoms with E-state index < -0.39 is 12.1 Å². The Hall–Kier alpha value is -4.58. The summed E-state index contributed by atoms with van der Waals surface area (Å²) < 4.78 is 7.53. The molecular weight excluding hydrogens is 462 g/mol. The van der Waals surface area contributed by atoms with Gasteiger partial charge in [0.25, 0.3) is 0 Å². The van der Waals surface area contributed by atoms with E-state index in [9.17, 15) is 9.59 Å². The maximum absolute atomic E-state index is 13.5. The number of nitrogens with one attached hydrogen (secondary N) is 2. The first-order valence-electron chi connectivity index (χ1n) is 12.4. The lowest BCUT2D eigenvalue weighted by Gasteiger charge is -2.19. The molecule has 0 saturated heterocycles. The minimum absolute atomic E-state index is 0.0474. The fraction of sp³-hybridized carbons (Fsp3) is 0.161. The average Bonchev–Trinajstić information content (AvgIpc) is 3.62. The number of aryl methyl sites for hydroxylation is 1. The summed E-state index contributed by atoms with van der Waals surface area (Å²) in [5, 5.41) is 3.90. The van der Waals surface area contributed by atoms with E-state index in [4.69, 9.17) is 4.74 Å². The van der Waals surface area contributed by atoms with Crippen LogP contribution >= 0.6 is 0 Å². The Morgan fingerprint density at radius 3 is 2.30 bits per heavy atom. The molecule has 37 heavy (non-hydrogen) atoms. The third-order valence-electron chi connectivity index (χ3n) is 7.25. The highest BCUT2D eigenvalue weighted by atomic mass is 16.5. The molecular formula is C31H27N3O3. The van der Waals surface area contributed by atoms with Crippen molar-refractivity contribution in [3.8, 4) is 11.1 Å². The molecule has 0 saturated carbocycles. The van der Waals surface area contributed by atoms with Crippen molar-refractivity contribution in [3.05, 3.63) is 120 Å². The number of amides is 1. The SMILES string of the molecule is Cn1cccc1C(=O)[C@H](Cc1c[nH]c2ccccc12)NC(=O)OCC1c2ccccc2-c2ccccc21. The van der Waals surface area contributed by atoms with Gasteiger partial charge in [0.15, 0.2) is 0 Å². The molecule has 2 heterocycles. The smallest absolute Gasteiger partial charge is 0.407 e. The van der Waals surface area contributed by atoms with E-state index in [1.165, 1.54) is 11.1 Å². The second kappa shape index (κ2) is 9.47. The first-order valence-corrected chi connectivity index (χ1v) is 12.4. The number of ether oxygens (including phenoxy) is 1. The van der Waals surface area contributed by atoms with Gasteiger partial charge in [-0.1, -0.05) is 66.7 Å². The molecule has 6 rings (SSSR count). The van der Waals surface area contributed by atoms with Crippen molar-refractivity contribution >= 4 is 22.8 Å². The highest BCUT2D eigenvalue weighted by Gasteiger charge is 2.30. The predicted octanol–water partition coefficient (Wildman–Crippen LogP) is 5.84. The van der Waals surface area contributed by atoms with Crippen LogP contribution in [0.25, 0.3) is 22.0 Å². The lowest BCUT2D eigenvalue weighted by atomic mass is 9.98. The molecule has 2 aromatic heterocycles. The topological polar surface area (TPSA) is 76.1 Å². The van der Waals surface area contributed by atoms with Crippen molar-refractivity contribution in [1.29, 1.82) is 0 Å². The Kier molecular flexibility index (Phi) is 5.85. The Bertz CT molecular complexity index is 1570. The van der Waals surface area contributed by atoms with E-state index in [1.807, 2.05) is 74.0 Å². The molecule has 3 aromatic carbocycles. The van der Waals surface area contributed by atoms with Gasteiger partial charge in [-0.05, 0) is 46.0 Å². The summed E-state index contributed by atoms with van der Waals surface area (Å²) in [5.74, 6) is -0.208. The first kappa shape index (κ1) is 22.9. The van der Waals surface area contributed by atoms with E-state index >= 15 is 0 Å². The number of rotatable bonds is 7. The maximum Gasteiger partial charge on any atom is 0.407 e. The van der Waals surface area contributed by atoms with Gasteiger partial charge in [-0.25, -0.2) is 4.79 Å². The normalized spacial score (nSPS) is 13.2. The molecule has 6 heteroatoms. The average molecular weight is 490 g/mol. The number of Topliss-reactive ketones (excluding diaryl/α,β-unsaturated/α-hetero) is 1. The standard InChI is InChI=1S/C31H27N3O3/c1-34-16-8-15-29(34)30(35)28(17-20-18-32-27-14-7-6-9-21(20)27)33-31(36)37-19-26-24-12-4-2-10-22(24)23-11-3-5-13-25(23)26/h2-16,18,26,28,32H,17,19H2,1H3,(H,33,36)/t28-/m0/s1. The summed E-state index contributed by atoms with van der Waals surface area (Å²) in [6.07, 6.45) is 3.46. The van der Waals surface area contributed by atoms with Gasteiger partial charge in [-0.2, -0.15) is 0 Å². The largest absolute Gasteiger partial charge is 0.449 e. The molecule has 0 fully saturated rings. The lowest BCUT2D eigenvalue weighted by Crippen LogP contribution is -2.43. The van der Waals surface area contributed by atoms with Crippen LogP contribution in [0.5, 0.6) is 0 Å². The monoisotopic (exact) mass is 489 g/mol. The van der Waals surface area contributed by atoms with Crippen LogP contribution in [0.3, 0.4) is 0 Å². The fourth-order valence-electron chi connectivity index (χ4n) is 5.41. The van der Waals surface area contributed by atoms with Crippen LogP contribution in [0.15, 0.2) is 97.3 Å². The van der Waals surface area contributed by atoms with Gasteiger partial charge in [0.05, 0.1) is 5.69 Å². The second-order valence-electron chi connectivity index (χ2n) is 9.45. The van der Waals surface area contributed by atoms with E-state index in [0.717, 1.165) is 27.6 Å². The molecule has 0 bridgehead atoms. The first-order chi connectivity index (χ1) is 18.1. The molecule has 1 amide bonds. The second-order valence-corrected chi connectivity index (χ2v) is 9.45. The van der Waals surface area contributed by atoms with E-state index in [2.05, 4.69) is 34.6 Å². The van der Waals surface area contributed by atoms with E-state index in [1.54, 1.807) is 10.6 Å². The summed E-state index contributed by atoms with van der Waals surface area (Å²) in [7, 11) is 1.82. The minimum atomic E-state index is -0.775. The van der Waals surface area contributed by atoms with Crippen molar-refractivity contribution < 1.29 is 14.3 Å². The van der Waals surface area contributed by atoms with Crippen molar-refractivity contribution in [2.75, 3.05) is 6.61 Å². The maximum atomic E-state index is 13.5.